The molecule has 2 amide bonds. The molecule has 24 heavy (non-hydrogen) atoms. The minimum absolute atomic E-state index is 0.187. The summed E-state index contributed by atoms with van der Waals surface area (Å²) < 4.78 is 6.21. The number of aromatic nitrogens is 1. The van der Waals surface area contributed by atoms with Crippen molar-refractivity contribution >= 4 is 44.7 Å². The highest BCUT2D eigenvalue weighted by Gasteiger charge is 2.12. The summed E-state index contributed by atoms with van der Waals surface area (Å²) in [4.78, 5) is 27.9. The summed E-state index contributed by atoms with van der Waals surface area (Å²) in [5.74, 6) is 0.0629. The van der Waals surface area contributed by atoms with Gasteiger partial charge in [-0.1, -0.05) is 0 Å². The van der Waals surface area contributed by atoms with Gasteiger partial charge in [0.15, 0.2) is 0 Å². The summed E-state index contributed by atoms with van der Waals surface area (Å²) in [6, 6.07) is 10.4. The SMILES string of the molecule is COc1ccc(NC(C)=O)cc1NC(=O)c1ccc2ncsc2c1. The van der Waals surface area contributed by atoms with Crippen LogP contribution in [0.1, 0.15) is 17.3 Å². The number of ether oxygens (including phenoxy) is 1. The second-order valence-corrected chi connectivity index (χ2v) is 5.97. The van der Waals surface area contributed by atoms with Crippen LogP contribution in [0, 0.1) is 0 Å². The molecular weight excluding hydrogens is 326 g/mol. The number of hydrogen-bond acceptors (Lipinski definition) is 5. The van der Waals surface area contributed by atoms with Crippen LogP contribution in [-0.4, -0.2) is 23.9 Å². The van der Waals surface area contributed by atoms with Crippen LogP contribution in [0.5, 0.6) is 5.75 Å². The van der Waals surface area contributed by atoms with Crippen molar-refractivity contribution in [3.05, 3.63) is 47.5 Å². The van der Waals surface area contributed by atoms with E-state index in [2.05, 4.69) is 15.6 Å². The highest BCUT2D eigenvalue weighted by Crippen LogP contribution is 2.29. The summed E-state index contributed by atoms with van der Waals surface area (Å²) in [5.41, 5.74) is 4.20. The molecule has 1 heterocycles. The fraction of sp³-hybridized carbons (Fsp3) is 0.118. The van der Waals surface area contributed by atoms with Crippen LogP contribution in [0.4, 0.5) is 11.4 Å². The number of benzene rings is 2. The van der Waals surface area contributed by atoms with E-state index in [1.165, 1.54) is 25.4 Å². The predicted octanol–water partition coefficient (Wildman–Crippen LogP) is 3.52. The van der Waals surface area contributed by atoms with Gasteiger partial charge in [-0.25, -0.2) is 4.98 Å². The Morgan fingerprint density at radius 2 is 1.96 bits per heavy atom. The average Bonchev–Trinajstić information content (AvgIpc) is 3.02. The lowest BCUT2D eigenvalue weighted by Gasteiger charge is -2.12. The molecule has 3 aromatic rings. The van der Waals surface area contributed by atoms with Crippen LogP contribution in [0.15, 0.2) is 41.9 Å². The maximum absolute atomic E-state index is 12.5. The van der Waals surface area contributed by atoms with Crippen LogP contribution < -0.4 is 15.4 Å². The molecule has 0 saturated heterocycles. The van der Waals surface area contributed by atoms with Gasteiger partial charge in [0.1, 0.15) is 5.75 Å². The molecule has 3 rings (SSSR count). The molecule has 0 radical (unpaired) electrons. The molecule has 0 aliphatic heterocycles. The van der Waals surface area contributed by atoms with Gasteiger partial charge in [-0.2, -0.15) is 0 Å². The Balaban J connectivity index is 1.87. The molecule has 0 bridgehead atoms. The Morgan fingerprint density at radius 3 is 2.71 bits per heavy atom. The fourth-order valence-electron chi connectivity index (χ4n) is 2.28. The Hall–Kier alpha value is -2.93. The third kappa shape index (κ3) is 3.36. The lowest BCUT2D eigenvalue weighted by molar-refractivity contribution is -0.114. The smallest absolute Gasteiger partial charge is 0.255 e. The Morgan fingerprint density at radius 1 is 1.12 bits per heavy atom. The second-order valence-electron chi connectivity index (χ2n) is 5.09. The molecular formula is C17H15N3O3S. The van der Waals surface area contributed by atoms with Crippen LogP contribution >= 0.6 is 11.3 Å². The van der Waals surface area contributed by atoms with Gasteiger partial charge in [-0.05, 0) is 36.4 Å². The fourth-order valence-corrected chi connectivity index (χ4v) is 2.99. The van der Waals surface area contributed by atoms with Crippen LogP contribution in [0.25, 0.3) is 10.2 Å². The third-order valence-corrected chi connectivity index (χ3v) is 4.15. The van der Waals surface area contributed by atoms with E-state index in [9.17, 15) is 9.59 Å². The lowest BCUT2D eigenvalue weighted by Crippen LogP contribution is -2.13. The summed E-state index contributed by atoms with van der Waals surface area (Å²) in [7, 11) is 1.52. The topological polar surface area (TPSA) is 80.3 Å². The monoisotopic (exact) mass is 341 g/mol. The highest BCUT2D eigenvalue weighted by molar-refractivity contribution is 7.16. The van der Waals surface area contributed by atoms with Crippen LogP contribution in [0.2, 0.25) is 0 Å². The summed E-state index contributed by atoms with van der Waals surface area (Å²) in [6.07, 6.45) is 0. The number of nitrogens with zero attached hydrogens (tertiary/aromatic N) is 1. The van der Waals surface area contributed by atoms with Gasteiger partial charge < -0.3 is 15.4 Å². The first-order valence-electron chi connectivity index (χ1n) is 7.17. The Bertz CT molecular complexity index is 920. The van der Waals surface area contributed by atoms with Gasteiger partial charge in [0.25, 0.3) is 5.91 Å². The minimum atomic E-state index is -0.261. The van der Waals surface area contributed by atoms with E-state index >= 15 is 0 Å². The van der Waals surface area contributed by atoms with Gasteiger partial charge in [-0.3, -0.25) is 9.59 Å². The lowest BCUT2D eigenvalue weighted by atomic mass is 10.2. The summed E-state index contributed by atoms with van der Waals surface area (Å²) in [5, 5.41) is 5.50. The Labute approximate surface area is 142 Å². The number of carbonyl (C=O) groups is 2. The predicted molar refractivity (Wildman–Crippen MR) is 94.9 cm³/mol. The molecule has 0 aliphatic rings. The summed E-state index contributed by atoms with van der Waals surface area (Å²) in [6.45, 7) is 1.42. The maximum atomic E-state index is 12.5. The van der Waals surface area contributed by atoms with Crippen molar-refractivity contribution in [1.82, 2.24) is 4.98 Å². The van der Waals surface area contributed by atoms with Gasteiger partial charge in [0, 0.05) is 18.2 Å². The van der Waals surface area contributed by atoms with E-state index < -0.39 is 0 Å². The van der Waals surface area contributed by atoms with Gasteiger partial charge in [-0.15, -0.1) is 11.3 Å². The zero-order valence-corrected chi connectivity index (χ0v) is 13.9. The largest absolute Gasteiger partial charge is 0.495 e. The molecule has 1 aromatic heterocycles. The van der Waals surface area contributed by atoms with Gasteiger partial charge in [0.05, 0.1) is 28.5 Å². The number of carbonyl (C=O) groups excluding carboxylic acids is 2. The number of hydrogen-bond donors (Lipinski definition) is 2. The number of rotatable bonds is 4. The first kappa shape index (κ1) is 15.9. The van der Waals surface area contributed by atoms with E-state index in [0.29, 0.717) is 22.7 Å². The molecule has 0 spiro atoms. The average molecular weight is 341 g/mol. The Kier molecular flexibility index (Phi) is 4.43. The number of nitrogens with one attached hydrogen (secondary N) is 2. The molecule has 2 aromatic carbocycles. The van der Waals surface area contributed by atoms with E-state index in [4.69, 9.17) is 4.74 Å². The molecule has 0 aliphatic carbocycles. The van der Waals surface area contributed by atoms with E-state index in [-0.39, 0.29) is 11.8 Å². The highest BCUT2D eigenvalue weighted by atomic mass is 32.1. The van der Waals surface area contributed by atoms with Crippen molar-refractivity contribution in [3.8, 4) is 5.75 Å². The first-order chi connectivity index (χ1) is 11.6. The normalized spacial score (nSPS) is 10.4. The van der Waals surface area contributed by atoms with E-state index in [1.807, 2.05) is 6.07 Å². The van der Waals surface area contributed by atoms with Crippen molar-refractivity contribution in [1.29, 1.82) is 0 Å². The second kappa shape index (κ2) is 6.67. The molecule has 0 fully saturated rings. The minimum Gasteiger partial charge on any atom is -0.495 e. The molecule has 7 heteroatoms. The molecule has 6 nitrogen and oxygen atoms in total. The number of thiazole rings is 1. The molecule has 0 unspecified atom stereocenters. The number of amides is 2. The molecule has 2 N–H and O–H groups in total. The zero-order chi connectivity index (χ0) is 17.1. The number of fused-ring (bicyclic) bond motifs is 1. The van der Waals surface area contributed by atoms with Crippen molar-refractivity contribution in [2.45, 2.75) is 6.92 Å². The van der Waals surface area contributed by atoms with Crippen molar-refractivity contribution in [2.24, 2.45) is 0 Å². The zero-order valence-electron chi connectivity index (χ0n) is 13.1. The van der Waals surface area contributed by atoms with Crippen molar-refractivity contribution < 1.29 is 14.3 Å². The van der Waals surface area contributed by atoms with Crippen molar-refractivity contribution in [3.63, 3.8) is 0 Å². The third-order valence-electron chi connectivity index (χ3n) is 3.36. The quantitative estimate of drug-likeness (QED) is 0.761. The molecule has 0 saturated carbocycles. The van der Waals surface area contributed by atoms with E-state index in [0.717, 1.165) is 10.2 Å². The first-order valence-corrected chi connectivity index (χ1v) is 8.05. The van der Waals surface area contributed by atoms with E-state index in [1.54, 1.807) is 35.8 Å². The van der Waals surface area contributed by atoms with Crippen molar-refractivity contribution in [2.75, 3.05) is 17.7 Å². The number of anilines is 2. The molecule has 122 valence electrons. The maximum Gasteiger partial charge on any atom is 0.255 e. The number of methoxy groups -OCH3 is 1. The van der Waals surface area contributed by atoms with Gasteiger partial charge in [0.2, 0.25) is 5.91 Å². The van der Waals surface area contributed by atoms with Crippen LogP contribution in [0.3, 0.4) is 0 Å². The van der Waals surface area contributed by atoms with Gasteiger partial charge >= 0.3 is 0 Å². The standard InChI is InChI=1S/C17H15N3O3S/c1-10(21)19-12-4-6-15(23-2)14(8-12)20-17(22)11-3-5-13-16(7-11)24-9-18-13/h3-9H,1-2H3,(H,19,21)(H,20,22). The molecule has 0 atom stereocenters. The van der Waals surface area contributed by atoms with Crippen LogP contribution in [-0.2, 0) is 4.79 Å². The summed E-state index contributed by atoms with van der Waals surface area (Å²) >= 11 is 1.48.